The van der Waals surface area contributed by atoms with Gasteiger partial charge < -0.3 is 5.11 Å². The van der Waals surface area contributed by atoms with Crippen LogP contribution in [0, 0.1) is 25.7 Å². The first kappa shape index (κ1) is 14.3. The molecular weight excluding hydrogens is 252 g/mol. The maximum Gasteiger partial charge on any atom is 0.335 e. The quantitative estimate of drug-likeness (QED) is 0.847. The van der Waals surface area contributed by atoms with E-state index in [1.165, 1.54) is 12.1 Å². The Balaban J connectivity index is 3.47. The smallest absolute Gasteiger partial charge is 0.335 e. The van der Waals surface area contributed by atoms with Gasteiger partial charge in [-0.25, -0.2) is 13.2 Å². The standard InChI is InChI=1S/C13H14O4S/c1-4-5-6-18(16,17)12-8-11(13(14)15)7-9(2)10(12)3/h7-8H,6H2,1-3H3,(H,14,15). The molecule has 0 radical (unpaired) electrons. The third kappa shape index (κ3) is 2.90. The van der Waals surface area contributed by atoms with Crippen LogP contribution in [0.5, 0.6) is 0 Å². The highest BCUT2D eigenvalue weighted by Crippen LogP contribution is 2.22. The molecule has 1 rings (SSSR count). The Morgan fingerprint density at radius 3 is 2.44 bits per heavy atom. The summed E-state index contributed by atoms with van der Waals surface area (Å²) in [5.41, 5.74) is 1.18. The zero-order chi connectivity index (χ0) is 13.9. The van der Waals surface area contributed by atoms with E-state index in [-0.39, 0.29) is 16.2 Å². The number of aromatic carboxylic acids is 1. The van der Waals surface area contributed by atoms with Crippen LogP contribution in [0.25, 0.3) is 0 Å². The predicted molar refractivity (Wildman–Crippen MR) is 68.4 cm³/mol. The maximum absolute atomic E-state index is 12.0. The lowest BCUT2D eigenvalue weighted by Crippen LogP contribution is -2.10. The number of carboxylic acids is 1. The fraction of sp³-hybridized carbons (Fsp3) is 0.308. The van der Waals surface area contributed by atoms with Crippen LogP contribution in [0.15, 0.2) is 17.0 Å². The molecule has 0 fully saturated rings. The molecule has 0 aliphatic heterocycles. The van der Waals surface area contributed by atoms with E-state index < -0.39 is 15.8 Å². The Morgan fingerprint density at radius 2 is 1.94 bits per heavy atom. The normalized spacial score (nSPS) is 10.6. The van der Waals surface area contributed by atoms with Crippen molar-refractivity contribution in [1.29, 1.82) is 0 Å². The Bertz CT molecular complexity index is 646. The summed E-state index contributed by atoms with van der Waals surface area (Å²) in [4.78, 5) is 11.0. The Hall–Kier alpha value is -1.80. The number of rotatable bonds is 3. The van der Waals surface area contributed by atoms with Gasteiger partial charge in [0.2, 0.25) is 0 Å². The third-order valence-corrected chi connectivity index (χ3v) is 4.26. The maximum atomic E-state index is 12.0. The van der Waals surface area contributed by atoms with Crippen molar-refractivity contribution in [3.63, 3.8) is 0 Å². The lowest BCUT2D eigenvalue weighted by molar-refractivity contribution is 0.0696. The van der Waals surface area contributed by atoms with Crippen molar-refractivity contribution in [2.75, 3.05) is 5.75 Å². The largest absolute Gasteiger partial charge is 0.478 e. The van der Waals surface area contributed by atoms with E-state index >= 15 is 0 Å². The zero-order valence-corrected chi connectivity index (χ0v) is 11.3. The van der Waals surface area contributed by atoms with E-state index in [1.807, 2.05) is 0 Å². The molecule has 0 saturated carbocycles. The van der Waals surface area contributed by atoms with Crippen LogP contribution in [-0.2, 0) is 9.84 Å². The lowest BCUT2D eigenvalue weighted by atomic mass is 10.1. The van der Waals surface area contributed by atoms with Gasteiger partial charge >= 0.3 is 5.97 Å². The van der Waals surface area contributed by atoms with E-state index in [0.29, 0.717) is 11.1 Å². The van der Waals surface area contributed by atoms with Gasteiger partial charge in [-0.3, -0.25) is 0 Å². The molecular formula is C13H14O4S. The molecule has 1 N–H and O–H groups in total. The van der Waals surface area contributed by atoms with Gasteiger partial charge in [0.15, 0.2) is 9.84 Å². The molecule has 0 spiro atoms. The molecule has 0 atom stereocenters. The van der Waals surface area contributed by atoms with Gasteiger partial charge in [0.1, 0.15) is 5.75 Å². The van der Waals surface area contributed by atoms with Gasteiger partial charge in [0.05, 0.1) is 10.5 Å². The van der Waals surface area contributed by atoms with Gasteiger partial charge in [-0.15, -0.1) is 5.92 Å². The monoisotopic (exact) mass is 266 g/mol. The second-order valence-corrected chi connectivity index (χ2v) is 5.87. The molecule has 18 heavy (non-hydrogen) atoms. The Labute approximate surface area is 107 Å². The number of carbonyl (C=O) groups is 1. The average molecular weight is 266 g/mol. The third-order valence-electron chi connectivity index (χ3n) is 2.64. The molecule has 1 aromatic carbocycles. The van der Waals surface area contributed by atoms with Crippen molar-refractivity contribution < 1.29 is 18.3 Å². The SMILES string of the molecule is CC#CCS(=O)(=O)c1cc(C(=O)O)cc(C)c1C. The molecule has 0 aliphatic rings. The van der Waals surface area contributed by atoms with Gasteiger partial charge in [-0.2, -0.15) is 0 Å². The molecule has 0 aromatic heterocycles. The summed E-state index contributed by atoms with van der Waals surface area (Å²) in [6.45, 7) is 4.90. The van der Waals surface area contributed by atoms with Crippen LogP contribution < -0.4 is 0 Å². The van der Waals surface area contributed by atoms with Crippen molar-refractivity contribution in [1.82, 2.24) is 0 Å². The van der Waals surface area contributed by atoms with Crippen molar-refractivity contribution in [2.45, 2.75) is 25.7 Å². The highest BCUT2D eigenvalue weighted by Gasteiger charge is 2.19. The Kier molecular flexibility index (Phi) is 4.15. The molecule has 0 heterocycles. The Morgan fingerprint density at radius 1 is 1.33 bits per heavy atom. The number of sulfone groups is 1. The minimum absolute atomic E-state index is 0.0267. The van der Waals surface area contributed by atoms with E-state index in [1.54, 1.807) is 20.8 Å². The van der Waals surface area contributed by atoms with Crippen molar-refractivity contribution in [3.05, 3.63) is 28.8 Å². The van der Waals surface area contributed by atoms with E-state index in [4.69, 9.17) is 5.11 Å². The minimum Gasteiger partial charge on any atom is -0.478 e. The van der Waals surface area contributed by atoms with Gasteiger partial charge in [0, 0.05) is 0 Å². The summed E-state index contributed by atoms with van der Waals surface area (Å²) in [5, 5.41) is 8.94. The summed E-state index contributed by atoms with van der Waals surface area (Å²) in [5.74, 6) is 3.58. The first-order valence-electron chi connectivity index (χ1n) is 5.26. The molecule has 96 valence electrons. The average Bonchev–Trinajstić information content (AvgIpc) is 2.29. The number of aryl methyl sites for hydroxylation is 1. The highest BCUT2D eigenvalue weighted by atomic mass is 32.2. The summed E-state index contributed by atoms with van der Waals surface area (Å²) in [7, 11) is -3.57. The van der Waals surface area contributed by atoms with Crippen LogP contribution in [0.4, 0.5) is 0 Å². The minimum atomic E-state index is -3.57. The van der Waals surface area contributed by atoms with Crippen molar-refractivity contribution in [3.8, 4) is 11.8 Å². The van der Waals surface area contributed by atoms with Gasteiger partial charge in [0.25, 0.3) is 0 Å². The molecule has 1 aromatic rings. The number of hydrogen-bond donors (Lipinski definition) is 1. The second-order valence-electron chi connectivity index (χ2n) is 3.91. The number of carboxylic acid groups (broad SMARTS) is 1. The topological polar surface area (TPSA) is 71.4 Å². The van der Waals surface area contributed by atoms with Crippen LogP contribution in [0.1, 0.15) is 28.4 Å². The lowest BCUT2D eigenvalue weighted by Gasteiger charge is -2.09. The van der Waals surface area contributed by atoms with Crippen LogP contribution in [0.3, 0.4) is 0 Å². The zero-order valence-electron chi connectivity index (χ0n) is 10.4. The van der Waals surface area contributed by atoms with Crippen LogP contribution in [-0.4, -0.2) is 25.2 Å². The molecule has 0 amide bonds. The van der Waals surface area contributed by atoms with Gasteiger partial charge in [-0.05, 0) is 44.0 Å². The molecule has 4 nitrogen and oxygen atoms in total. The molecule has 5 heteroatoms. The molecule has 0 unspecified atom stereocenters. The van der Waals surface area contributed by atoms with Gasteiger partial charge in [-0.1, -0.05) is 5.92 Å². The highest BCUT2D eigenvalue weighted by molar-refractivity contribution is 7.91. The van der Waals surface area contributed by atoms with Crippen LogP contribution >= 0.6 is 0 Å². The number of hydrogen-bond acceptors (Lipinski definition) is 3. The molecule has 0 bridgehead atoms. The van der Waals surface area contributed by atoms with E-state index in [9.17, 15) is 13.2 Å². The fourth-order valence-corrected chi connectivity index (χ4v) is 2.94. The fourth-order valence-electron chi connectivity index (χ4n) is 1.52. The van der Waals surface area contributed by atoms with E-state index in [0.717, 1.165) is 0 Å². The molecule has 0 saturated heterocycles. The summed E-state index contributed by atoms with van der Waals surface area (Å²) < 4.78 is 24.1. The first-order valence-corrected chi connectivity index (χ1v) is 6.91. The predicted octanol–water partition coefficient (Wildman–Crippen LogP) is 1.80. The van der Waals surface area contributed by atoms with Crippen LogP contribution in [0.2, 0.25) is 0 Å². The first-order chi connectivity index (χ1) is 8.29. The summed E-state index contributed by atoms with van der Waals surface area (Å²) in [6.07, 6.45) is 0. The van der Waals surface area contributed by atoms with Crippen molar-refractivity contribution in [2.24, 2.45) is 0 Å². The summed E-state index contributed by atoms with van der Waals surface area (Å²) >= 11 is 0. The summed E-state index contributed by atoms with van der Waals surface area (Å²) in [6, 6.07) is 2.65. The molecule has 0 aliphatic carbocycles. The number of benzene rings is 1. The second kappa shape index (κ2) is 5.23. The van der Waals surface area contributed by atoms with E-state index in [2.05, 4.69) is 11.8 Å². The van der Waals surface area contributed by atoms with Crippen molar-refractivity contribution >= 4 is 15.8 Å².